The summed E-state index contributed by atoms with van der Waals surface area (Å²) in [6.07, 6.45) is 0.166. The lowest BCUT2D eigenvalue weighted by molar-refractivity contribution is -0.262. The van der Waals surface area contributed by atoms with Gasteiger partial charge in [0.2, 0.25) is 0 Å². The highest BCUT2D eigenvalue weighted by Gasteiger charge is 2.32. The summed E-state index contributed by atoms with van der Waals surface area (Å²) < 4.78 is 16.9. The minimum absolute atomic E-state index is 0.214. The molecule has 1 aromatic carbocycles. The molecule has 3 nitrogen and oxygen atoms in total. The van der Waals surface area contributed by atoms with Crippen LogP contribution < -0.4 is 4.74 Å². The van der Waals surface area contributed by atoms with Crippen molar-refractivity contribution in [3.63, 3.8) is 0 Å². The monoisotopic (exact) mass is 236 g/mol. The highest BCUT2D eigenvalue weighted by molar-refractivity contribution is 5.28. The summed E-state index contributed by atoms with van der Waals surface area (Å²) in [5.74, 6) is 1.27. The molecule has 0 saturated carbocycles. The van der Waals surface area contributed by atoms with Gasteiger partial charge in [-0.2, -0.15) is 0 Å². The maximum atomic E-state index is 5.87. The fraction of sp³-hybridized carbons (Fsp3) is 0.571. The van der Waals surface area contributed by atoms with Crippen LogP contribution >= 0.6 is 0 Å². The van der Waals surface area contributed by atoms with E-state index in [1.54, 1.807) is 7.11 Å². The van der Waals surface area contributed by atoms with Gasteiger partial charge in [-0.3, -0.25) is 0 Å². The molecule has 1 fully saturated rings. The van der Waals surface area contributed by atoms with Crippen molar-refractivity contribution >= 4 is 0 Å². The van der Waals surface area contributed by atoms with Crippen LogP contribution in [0, 0.1) is 5.92 Å². The molecule has 1 aliphatic heterocycles. The quantitative estimate of drug-likeness (QED) is 0.789. The smallest absolute Gasteiger partial charge is 0.184 e. The van der Waals surface area contributed by atoms with Crippen LogP contribution in [0.2, 0.25) is 0 Å². The van der Waals surface area contributed by atoms with E-state index in [9.17, 15) is 0 Å². The van der Waals surface area contributed by atoms with Gasteiger partial charge in [0.1, 0.15) is 5.75 Å². The van der Waals surface area contributed by atoms with Crippen LogP contribution in [0.3, 0.4) is 0 Å². The second kappa shape index (κ2) is 5.07. The molecule has 94 valence electrons. The number of ether oxygens (including phenoxy) is 3. The van der Waals surface area contributed by atoms with E-state index in [0.717, 1.165) is 11.3 Å². The number of hydrogen-bond acceptors (Lipinski definition) is 3. The summed E-state index contributed by atoms with van der Waals surface area (Å²) in [7, 11) is 1.66. The van der Waals surface area contributed by atoms with Crippen molar-refractivity contribution in [2.75, 3.05) is 7.11 Å². The summed E-state index contributed by atoms with van der Waals surface area (Å²) in [6.45, 7) is 6.35. The number of rotatable bonds is 2. The third-order valence-electron chi connectivity index (χ3n) is 3.55. The fourth-order valence-electron chi connectivity index (χ4n) is 1.97. The Bertz CT molecular complexity index is 348. The average molecular weight is 236 g/mol. The molecule has 2 unspecified atom stereocenters. The first-order valence-electron chi connectivity index (χ1n) is 6.06. The molecule has 1 saturated heterocycles. The topological polar surface area (TPSA) is 27.7 Å². The molecule has 0 bridgehead atoms. The van der Waals surface area contributed by atoms with Crippen LogP contribution in [-0.2, 0) is 9.47 Å². The zero-order valence-corrected chi connectivity index (χ0v) is 10.8. The zero-order valence-electron chi connectivity index (χ0n) is 10.8. The normalized spacial score (nSPS) is 33.4. The highest BCUT2D eigenvalue weighted by atomic mass is 16.7. The van der Waals surface area contributed by atoms with E-state index in [2.05, 4.69) is 20.8 Å². The largest absolute Gasteiger partial charge is 0.497 e. The lowest BCUT2D eigenvalue weighted by Gasteiger charge is -2.37. The van der Waals surface area contributed by atoms with Crippen LogP contribution in [0.5, 0.6) is 5.75 Å². The van der Waals surface area contributed by atoms with E-state index >= 15 is 0 Å². The van der Waals surface area contributed by atoms with Gasteiger partial charge in [0.05, 0.1) is 19.3 Å². The molecule has 1 aromatic rings. The minimum atomic E-state index is -0.262. The van der Waals surface area contributed by atoms with Gasteiger partial charge in [0.25, 0.3) is 0 Å². The molecule has 3 heteroatoms. The Morgan fingerprint density at radius 2 is 1.47 bits per heavy atom. The fourth-order valence-corrected chi connectivity index (χ4v) is 1.97. The summed E-state index contributed by atoms with van der Waals surface area (Å²) >= 11 is 0. The summed E-state index contributed by atoms with van der Waals surface area (Å²) in [4.78, 5) is 0. The first-order valence-corrected chi connectivity index (χ1v) is 6.06. The van der Waals surface area contributed by atoms with Crippen molar-refractivity contribution in [3.05, 3.63) is 29.8 Å². The third-order valence-corrected chi connectivity index (χ3v) is 3.55. The lowest BCUT2D eigenvalue weighted by Crippen LogP contribution is -2.38. The van der Waals surface area contributed by atoms with Gasteiger partial charge in [0.15, 0.2) is 6.29 Å². The second-order valence-corrected chi connectivity index (χ2v) is 4.65. The molecule has 2 rings (SSSR count). The van der Waals surface area contributed by atoms with Crippen molar-refractivity contribution in [1.29, 1.82) is 0 Å². The van der Waals surface area contributed by atoms with Crippen molar-refractivity contribution in [2.45, 2.75) is 39.3 Å². The molecule has 2 atom stereocenters. The maximum absolute atomic E-state index is 5.87. The van der Waals surface area contributed by atoms with Crippen molar-refractivity contribution in [2.24, 2.45) is 5.92 Å². The lowest BCUT2D eigenvalue weighted by atomic mass is 9.98. The molecule has 1 aliphatic rings. The summed E-state index contributed by atoms with van der Waals surface area (Å²) in [5.41, 5.74) is 1.04. The summed E-state index contributed by atoms with van der Waals surface area (Å²) in [5, 5.41) is 0. The molecular formula is C14H20O3. The SMILES string of the molecule is COc1ccc(C2OC(C)C(C)C(C)O2)cc1. The molecule has 0 N–H and O–H groups in total. The van der Waals surface area contributed by atoms with Crippen LogP contribution in [0.25, 0.3) is 0 Å². The molecule has 17 heavy (non-hydrogen) atoms. The predicted molar refractivity (Wildman–Crippen MR) is 66.0 cm³/mol. The van der Waals surface area contributed by atoms with Crippen molar-refractivity contribution in [3.8, 4) is 5.75 Å². The van der Waals surface area contributed by atoms with Crippen LogP contribution in [0.1, 0.15) is 32.6 Å². The van der Waals surface area contributed by atoms with Gasteiger partial charge in [-0.15, -0.1) is 0 Å². The van der Waals surface area contributed by atoms with Crippen molar-refractivity contribution < 1.29 is 14.2 Å². The Morgan fingerprint density at radius 3 is 1.94 bits per heavy atom. The molecule has 1 heterocycles. The summed E-state index contributed by atoms with van der Waals surface area (Å²) in [6, 6.07) is 7.82. The molecule has 0 aromatic heterocycles. The van der Waals surface area contributed by atoms with Gasteiger partial charge in [-0.1, -0.05) is 19.1 Å². The number of hydrogen-bond donors (Lipinski definition) is 0. The Balaban J connectivity index is 2.11. The van der Waals surface area contributed by atoms with E-state index in [1.807, 2.05) is 24.3 Å². The predicted octanol–water partition coefficient (Wildman–Crippen LogP) is 3.15. The Morgan fingerprint density at radius 1 is 0.941 bits per heavy atom. The molecule has 0 radical (unpaired) electrons. The van der Waals surface area contributed by atoms with Crippen LogP contribution in [-0.4, -0.2) is 19.3 Å². The van der Waals surface area contributed by atoms with Gasteiger partial charge < -0.3 is 14.2 Å². The van der Waals surface area contributed by atoms with E-state index in [0.29, 0.717) is 5.92 Å². The highest BCUT2D eigenvalue weighted by Crippen LogP contribution is 2.33. The number of methoxy groups -OCH3 is 1. The van der Waals surface area contributed by atoms with E-state index in [1.165, 1.54) is 0 Å². The first-order chi connectivity index (χ1) is 8.11. The van der Waals surface area contributed by atoms with Crippen LogP contribution in [0.15, 0.2) is 24.3 Å². The molecule has 0 aliphatic carbocycles. The first kappa shape index (κ1) is 12.4. The van der Waals surface area contributed by atoms with E-state index in [4.69, 9.17) is 14.2 Å². The van der Waals surface area contributed by atoms with Gasteiger partial charge in [0, 0.05) is 11.5 Å². The van der Waals surface area contributed by atoms with E-state index in [-0.39, 0.29) is 18.5 Å². The van der Waals surface area contributed by atoms with Crippen LogP contribution in [0.4, 0.5) is 0 Å². The second-order valence-electron chi connectivity index (χ2n) is 4.65. The molecule has 0 spiro atoms. The third kappa shape index (κ3) is 2.61. The number of benzene rings is 1. The molecule has 0 amide bonds. The Hall–Kier alpha value is -1.06. The van der Waals surface area contributed by atoms with Crippen molar-refractivity contribution in [1.82, 2.24) is 0 Å². The maximum Gasteiger partial charge on any atom is 0.184 e. The standard InChI is InChI=1S/C14H20O3/c1-9-10(2)16-14(17-11(9)3)12-5-7-13(15-4)8-6-12/h5-11,14H,1-4H3. The van der Waals surface area contributed by atoms with Gasteiger partial charge >= 0.3 is 0 Å². The Labute approximate surface area is 103 Å². The Kier molecular flexibility index (Phi) is 3.69. The van der Waals surface area contributed by atoms with Gasteiger partial charge in [-0.25, -0.2) is 0 Å². The molecular weight excluding hydrogens is 216 g/mol. The minimum Gasteiger partial charge on any atom is -0.497 e. The van der Waals surface area contributed by atoms with E-state index < -0.39 is 0 Å². The average Bonchev–Trinajstić information content (AvgIpc) is 2.35. The van der Waals surface area contributed by atoms with Gasteiger partial charge in [-0.05, 0) is 26.0 Å². The zero-order chi connectivity index (χ0) is 12.4.